The molecule has 46 heteroatoms. The fourth-order valence-corrected chi connectivity index (χ4v) is 17.0. The number of nitrogens with one attached hydrogen (secondary N) is 12. The van der Waals surface area contributed by atoms with E-state index in [1.54, 1.807) is 85.7 Å². The second-order valence-electron chi connectivity index (χ2n) is 37.5. The van der Waals surface area contributed by atoms with Crippen LogP contribution in [0.15, 0.2) is 54.6 Å². The molecule has 1 aliphatic rings. The third-order valence-electron chi connectivity index (χ3n) is 24.4. The number of guanidine groups is 3. The minimum Gasteiger partial charge on any atom is -0.508 e. The molecule has 1 heterocycles. The van der Waals surface area contributed by atoms with Crippen molar-refractivity contribution in [1.82, 2.24) is 52.9 Å². The standard InChI is InChI=1S/C95H146N16O29S/c1-11-54(8)66(89(132)106-68(33-34-81(124)125)73(117)42-59(24-19-35-102-93(96)97)86(129)108-69(41-58-29-31-64(114)32-30-58)75(119)43-60(92(135)136)25-20-36-103-94(98)99)48-77(121)85(56(10)113)110-88(131)65(53(6)7)47-76(120)84(55(9)112)109-87(130)63(40-57-22-15-14-16-23-57)46-72(116)61(38-51(2)3)44-71(115)62(39-52(4)5)45-74(118)67(26-21-37-104-95(100)101)107-90(133)70(49-82(126)127)105-79(122)27-17-12-13-18-28-83(128)140-111-80(123)50-78(91(111)134)141(137,138)139/h14-16,22-23,29-32,51-56,59-63,65-70,78,84-85,112-114H,11-13,17-21,24-28,33-50H2,1-10H3,(H,105,122)(H,106,132)(H,107,133)(H,108,129)(H,109,130)(H,110,131)(H,124,125)(H,126,127)(H,135,136)(H4,96,97,102)(H4,98,99,103)(H4,100,101,104)(H,137,138,139)/t54-,55+,56+,59+,60+,61+,62+,63+,65-,66-,67-,68-,69-,70-,78?,84-,85-/m0/s1. The van der Waals surface area contributed by atoms with Gasteiger partial charge >= 0.3 is 23.9 Å². The van der Waals surface area contributed by atoms with E-state index in [1.165, 1.54) is 38.1 Å². The van der Waals surface area contributed by atoms with Crippen molar-refractivity contribution in [2.75, 3.05) is 19.6 Å². The number of carbonyl (C=O) groups is 19. The highest BCUT2D eigenvalue weighted by Crippen LogP contribution is 2.31. The zero-order valence-corrected chi connectivity index (χ0v) is 82.7. The second-order valence-corrected chi connectivity index (χ2v) is 39.1. The maximum Gasteiger partial charge on any atom is 0.333 e. The molecule has 0 radical (unpaired) electrons. The first-order valence-electron chi connectivity index (χ1n) is 47.7. The first-order valence-corrected chi connectivity index (χ1v) is 49.2. The fourth-order valence-electron chi connectivity index (χ4n) is 16.3. The topological polar surface area (TPSA) is 770 Å². The Morgan fingerprint density at radius 1 is 0.447 bits per heavy atom. The smallest absolute Gasteiger partial charge is 0.333 e. The number of aliphatic hydroxyl groups is 2. The van der Waals surface area contributed by atoms with Crippen LogP contribution in [0.5, 0.6) is 5.75 Å². The number of hydroxylamine groups is 2. The van der Waals surface area contributed by atoms with E-state index in [9.17, 15) is 130 Å². The van der Waals surface area contributed by atoms with Crippen molar-refractivity contribution >= 4 is 140 Å². The lowest BCUT2D eigenvalue weighted by atomic mass is 9.79. The van der Waals surface area contributed by atoms with Crippen molar-refractivity contribution in [3.8, 4) is 5.75 Å². The summed E-state index contributed by atoms with van der Waals surface area (Å²) in [5.74, 6) is -30.9. The van der Waals surface area contributed by atoms with Crippen molar-refractivity contribution in [2.45, 2.75) is 303 Å². The summed E-state index contributed by atoms with van der Waals surface area (Å²) in [5, 5.41) is 106. The monoisotopic (exact) mass is 2010 g/mol. The van der Waals surface area contributed by atoms with Gasteiger partial charge in [-0.15, -0.1) is 5.06 Å². The normalized spacial score (nSPS) is 16.0. The number of Topliss-reactive ketones (excluding diaryl/α,β-unsaturated/α-hetero) is 7. The number of aliphatic hydroxyl groups excluding tert-OH is 2. The van der Waals surface area contributed by atoms with E-state index >= 15 is 4.79 Å². The van der Waals surface area contributed by atoms with Crippen molar-refractivity contribution in [3.63, 3.8) is 0 Å². The third-order valence-corrected chi connectivity index (χ3v) is 25.5. The number of carboxylic acid groups (broad SMARTS) is 3. The first-order chi connectivity index (χ1) is 66.0. The number of amides is 8. The minimum atomic E-state index is -4.96. The van der Waals surface area contributed by atoms with Crippen LogP contribution in [0.3, 0.4) is 0 Å². The molecule has 141 heavy (non-hydrogen) atoms. The number of aromatic hydroxyl groups is 1. The number of carboxylic acids is 3. The van der Waals surface area contributed by atoms with Gasteiger partial charge in [-0.1, -0.05) is 117 Å². The summed E-state index contributed by atoms with van der Waals surface area (Å²) in [6, 6.07) is 4.17. The largest absolute Gasteiger partial charge is 0.508 e. The summed E-state index contributed by atoms with van der Waals surface area (Å²) in [7, 11) is -4.96. The second kappa shape index (κ2) is 61.9. The van der Waals surface area contributed by atoms with Gasteiger partial charge in [0.2, 0.25) is 35.4 Å². The Morgan fingerprint density at radius 3 is 1.35 bits per heavy atom. The lowest BCUT2D eigenvalue weighted by Crippen LogP contribution is -2.53. The molecule has 2 aromatic rings. The highest BCUT2D eigenvalue weighted by atomic mass is 32.2. The molecule has 0 saturated carbocycles. The van der Waals surface area contributed by atoms with E-state index < -0.39 is 311 Å². The van der Waals surface area contributed by atoms with Gasteiger partial charge in [-0.05, 0) is 144 Å². The number of rotatable bonds is 72. The fraction of sp³-hybridized carbons (Fsp3) is 0.642. The van der Waals surface area contributed by atoms with Crippen LogP contribution >= 0.6 is 0 Å². The van der Waals surface area contributed by atoms with E-state index in [4.69, 9.17) is 38.3 Å². The summed E-state index contributed by atoms with van der Waals surface area (Å²) < 4.78 is 32.2. The number of phenolic OH excluding ortho intramolecular Hbond substituents is 1. The van der Waals surface area contributed by atoms with E-state index in [0.29, 0.717) is 11.1 Å². The van der Waals surface area contributed by atoms with Crippen LogP contribution in [0.2, 0.25) is 0 Å². The molecule has 786 valence electrons. The van der Waals surface area contributed by atoms with Crippen molar-refractivity contribution in [2.24, 2.45) is 82.3 Å². The van der Waals surface area contributed by atoms with Crippen molar-refractivity contribution in [1.29, 1.82) is 16.2 Å². The Morgan fingerprint density at radius 2 is 0.879 bits per heavy atom. The van der Waals surface area contributed by atoms with E-state index in [0.717, 1.165) is 0 Å². The predicted molar refractivity (Wildman–Crippen MR) is 512 cm³/mol. The molecule has 0 bridgehead atoms. The van der Waals surface area contributed by atoms with Gasteiger partial charge in [-0.3, -0.25) is 107 Å². The minimum absolute atomic E-state index is 0.00231. The Labute approximate surface area is 820 Å². The number of phenols is 1. The van der Waals surface area contributed by atoms with Crippen LogP contribution in [0.25, 0.3) is 0 Å². The number of imide groups is 1. The number of carbonyl (C=O) groups excluding carboxylic acids is 16. The molecule has 45 nitrogen and oxygen atoms in total. The van der Waals surface area contributed by atoms with Crippen LogP contribution in [0.1, 0.15) is 247 Å². The lowest BCUT2D eigenvalue weighted by molar-refractivity contribution is -0.197. The molecule has 3 rings (SSSR count). The SMILES string of the molecule is CC[C@H](C)[C@H](CC(=O)[C@@H](NC(=O)[C@@H](CC(=O)[C@@H](NC(=O)[C@@H](CC(=O)[C@@H](CC(=O)[C@@H](CC(=O)[C@H](CCCNC(=N)N)NC(=O)[C@H](CC(=O)O)NC(=O)CCCCCCC(=O)ON1C(=O)CC(S(=O)(=O)O)C1=O)CC(C)C)CC(C)C)Cc1ccccc1)[C@@H](C)O)C(C)C)[C@@H](C)O)C(=O)N[C@@H](CCC(=O)O)C(=O)C[C@@H](CCCNC(=N)N)C(=O)N[C@@H](Cc1ccc(O)cc1)C(=O)C[C@@H](CCCNC(=N)N)C(=O)O. The highest BCUT2D eigenvalue weighted by Gasteiger charge is 2.49. The average molecular weight is 2010 g/mol. The molecule has 0 aromatic heterocycles. The van der Waals surface area contributed by atoms with E-state index in [2.05, 4.69) is 47.9 Å². The third kappa shape index (κ3) is 46.1. The highest BCUT2D eigenvalue weighted by molar-refractivity contribution is 7.87. The van der Waals surface area contributed by atoms with Crippen molar-refractivity contribution in [3.05, 3.63) is 65.7 Å². The molecule has 17 atom stereocenters. The van der Waals surface area contributed by atoms with Crippen LogP contribution in [0.4, 0.5) is 0 Å². The summed E-state index contributed by atoms with van der Waals surface area (Å²) in [5.41, 5.74) is 17.4. The predicted octanol–water partition coefficient (Wildman–Crippen LogP) is 2.70. The number of nitrogens with zero attached hydrogens (tertiary/aromatic N) is 1. The Balaban J connectivity index is 1.92. The maximum atomic E-state index is 15.1. The van der Waals surface area contributed by atoms with Crippen LogP contribution < -0.4 is 65.1 Å². The van der Waals surface area contributed by atoms with Gasteiger partial charge < -0.3 is 101 Å². The van der Waals surface area contributed by atoms with E-state index in [-0.39, 0.29) is 157 Å². The zero-order valence-electron chi connectivity index (χ0n) is 81.9. The lowest BCUT2D eigenvalue weighted by Gasteiger charge is -2.30. The number of aliphatic carboxylic acids is 3. The molecular formula is C95H146N16O29S. The van der Waals surface area contributed by atoms with Gasteiger partial charge in [0.1, 0.15) is 35.4 Å². The zero-order chi connectivity index (χ0) is 106. The number of unbranched alkanes of at least 4 members (excludes halogenated alkanes) is 3. The van der Waals surface area contributed by atoms with Gasteiger partial charge in [0.15, 0.2) is 52.0 Å². The maximum absolute atomic E-state index is 15.1. The molecule has 1 saturated heterocycles. The molecule has 8 amide bonds. The van der Waals surface area contributed by atoms with Crippen LogP contribution in [0, 0.1) is 81.3 Å². The van der Waals surface area contributed by atoms with Gasteiger partial charge in [-0.2, -0.15) is 8.42 Å². The number of benzene rings is 2. The molecule has 1 aliphatic heterocycles. The van der Waals surface area contributed by atoms with E-state index in [1.807, 2.05) is 0 Å². The summed E-state index contributed by atoms with van der Waals surface area (Å²) >= 11 is 0. The van der Waals surface area contributed by atoms with Gasteiger partial charge in [-0.25, -0.2) is 4.79 Å². The van der Waals surface area contributed by atoms with Crippen LogP contribution in [-0.4, -0.2) is 252 Å². The molecule has 0 aliphatic carbocycles. The van der Waals surface area contributed by atoms with Gasteiger partial charge in [0.05, 0.1) is 49.1 Å². The molecule has 1 unspecified atom stereocenters. The van der Waals surface area contributed by atoms with Crippen molar-refractivity contribution < 1.29 is 140 Å². The molecule has 2 aromatic carbocycles. The molecule has 1 fully saturated rings. The number of hydrogen-bond donors (Lipinski definition) is 22. The Bertz CT molecular complexity index is 4760. The summed E-state index contributed by atoms with van der Waals surface area (Å²) in [6.07, 6.45) is -10.6. The summed E-state index contributed by atoms with van der Waals surface area (Å²) in [4.78, 5) is 268. The number of ketones is 7. The Hall–Kier alpha value is -12.6. The first kappa shape index (κ1) is 123. The number of nitrogens with two attached hydrogens (primary N) is 3. The van der Waals surface area contributed by atoms with Gasteiger partial charge in [0.25, 0.3) is 21.9 Å². The number of hydrogen-bond acceptors (Lipinski definition) is 28. The average Bonchev–Trinajstić information content (AvgIpc) is 1.66. The quantitative estimate of drug-likeness (QED) is 0.0149. The molecule has 0 spiro atoms. The molecule has 25 N–H and O–H groups in total. The van der Waals surface area contributed by atoms with Gasteiger partial charge in [0, 0.05) is 119 Å². The Kier molecular flexibility index (Phi) is 53.8. The molecular weight excluding hydrogens is 1860 g/mol. The van der Waals surface area contributed by atoms with Crippen LogP contribution in [-0.2, 0) is 119 Å². The summed E-state index contributed by atoms with van der Waals surface area (Å²) in [6.45, 7) is 16.0.